The van der Waals surface area contributed by atoms with E-state index in [9.17, 15) is 22.8 Å². The van der Waals surface area contributed by atoms with E-state index < -0.39 is 17.6 Å². The maximum absolute atomic E-state index is 13.2. The summed E-state index contributed by atoms with van der Waals surface area (Å²) in [5.41, 5.74) is 5.34. The van der Waals surface area contributed by atoms with Crippen molar-refractivity contribution < 1.29 is 22.8 Å². The van der Waals surface area contributed by atoms with Gasteiger partial charge in [0.2, 0.25) is 5.91 Å². The Hall–Kier alpha value is -2.83. The molecule has 0 bridgehead atoms. The van der Waals surface area contributed by atoms with Crippen LogP contribution in [0.4, 0.5) is 13.2 Å². The molecule has 2 aromatic carbocycles. The second-order valence-corrected chi connectivity index (χ2v) is 6.56. The molecule has 0 aliphatic carbocycles. The summed E-state index contributed by atoms with van der Waals surface area (Å²) in [6, 6.07) is 11.9. The normalized spacial score (nSPS) is 15.6. The fraction of sp³-hybridized carbons (Fsp3) is 0.300. The lowest BCUT2D eigenvalue weighted by Crippen LogP contribution is -2.39. The summed E-state index contributed by atoms with van der Waals surface area (Å²) in [5.74, 6) is -1.28. The van der Waals surface area contributed by atoms with E-state index in [2.05, 4.69) is 0 Å². The van der Waals surface area contributed by atoms with Crippen LogP contribution in [0.2, 0.25) is 0 Å². The van der Waals surface area contributed by atoms with E-state index in [4.69, 9.17) is 5.73 Å². The number of primary amides is 1. The lowest BCUT2D eigenvalue weighted by Gasteiger charge is -2.33. The van der Waals surface area contributed by atoms with Gasteiger partial charge in [0.05, 0.1) is 16.7 Å². The fourth-order valence-electron chi connectivity index (χ4n) is 3.56. The molecule has 2 amide bonds. The van der Waals surface area contributed by atoms with Crippen molar-refractivity contribution in [3.05, 3.63) is 70.8 Å². The van der Waals surface area contributed by atoms with Crippen LogP contribution >= 0.6 is 0 Å². The second kappa shape index (κ2) is 7.42. The van der Waals surface area contributed by atoms with Crippen molar-refractivity contribution >= 4 is 11.8 Å². The molecule has 1 heterocycles. The van der Waals surface area contributed by atoms with Gasteiger partial charge in [0.15, 0.2) is 0 Å². The van der Waals surface area contributed by atoms with Crippen LogP contribution in [-0.2, 0) is 6.18 Å². The van der Waals surface area contributed by atoms with Crippen LogP contribution in [0.1, 0.15) is 50.6 Å². The molecular formula is C20H19F3N2O2. The van der Waals surface area contributed by atoms with Crippen LogP contribution in [0.15, 0.2) is 48.5 Å². The Balaban J connectivity index is 1.75. The third-order valence-corrected chi connectivity index (χ3v) is 4.91. The zero-order valence-corrected chi connectivity index (χ0v) is 14.5. The quantitative estimate of drug-likeness (QED) is 0.885. The summed E-state index contributed by atoms with van der Waals surface area (Å²) in [6.07, 6.45) is -3.54. The number of likely N-dealkylation sites (tertiary alicyclic amines) is 1. The number of rotatable bonds is 3. The molecule has 1 aliphatic rings. The van der Waals surface area contributed by atoms with Crippen LogP contribution in [0.25, 0.3) is 0 Å². The molecule has 0 aromatic heterocycles. The number of halogens is 3. The number of nitrogens with zero attached hydrogens (tertiary/aromatic N) is 1. The zero-order valence-electron chi connectivity index (χ0n) is 14.5. The van der Waals surface area contributed by atoms with E-state index in [1.807, 2.05) is 0 Å². The summed E-state index contributed by atoms with van der Waals surface area (Å²) in [7, 11) is 0. The summed E-state index contributed by atoms with van der Waals surface area (Å²) in [6.45, 7) is 0.644. The molecule has 7 heteroatoms. The van der Waals surface area contributed by atoms with Crippen molar-refractivity contribution in [2.24, 2.45) is 5.73 Å². The Morgan fingerprint density at radius 3 is 2.07 bits per heavy atom. The first kappa shape index (κ1) is 18.9. The Labute approximate surface area is 154 Å². The first-order valence-corrected chi connectivity index (χ1v) is 8.63. The van der Waals surface area contributed by atoms with E-state index >= 15 is 0 Å². The second-order valence-electron chi connectivity index (χ2n) is 6.56. The number of amides is 2. The maximum Gasteiger partial charge on any atom is 0.416 e. The summed E-state index contributed by atoms with van der Waals surface area (Å²) in [5, 5.41) is 0. The molecule has 4 nitrogen and oxygen atoms in total. The minimum absolute atomic E-state index is 0.145. The number of hydrogen-bond donors (Lipinski definition) is 1. The largest absolute Gasteiger partial charge is 0.416 e. The van der Waals surface area contributed by atoms with E-state index in [-0.39, 0.29) is 28.5 Å². The third kappa shape index (κ3) is 3.97. The number of nitrogens with two attached hydrogens (primary N) is 1. The predicted molar refractivity (Wildman–Crippen MR) is 94.3 cm³/mol. The summed E-state index contributed by atoms with van der Waals surface area (Å²) >= 11 is 0. The minimum atomic E-state index is -4.40. The van der Waals surface area contributed by atoms with Crippen molar-refractivity contribution in [2.75, 3.05) is 13.1 Å². The first-order chi connectivity index (χ1) is 12.8. The molecule has 2 N–H and O–H groups in total. The Kier molecular flexibility index (Phi) is 5.21. The molecule has 0 radical (unpaired) electrons. The Morgan fingerprint density at radius 2 is 1.48 bits per heavy atom. The summed E-state index contributed by atoms with van der Waals surface area (Å²) in [4.78, 5) is 25.8. The summed E-state index contributed by atoms with van der Waals surface area (Å²) < 4.78 is 39.7. The minimum Gasteiger partial charge on any atom is -0.366 e. The number of carbonyl (C=O) groups excluding carboxylic acids is 2. The number of hydrogen-bond acceptors (Lipinski definition) is 2. The molecule has 0 atom stereocenters. The van der Waals surface area contributed by atoms with E-state index in [0.717, 1.165) is 6.07 Å². The standard InChI is InChI=1S/C20H19F3N2O2/c21-20(22,23)17-8-4-3-5-14(17)13-9-11-25(12-10-13)19(27)16-7-2-1-6-15(16)18(24)26/h1-8,13H,9-12H2,(H2,24,26). The smallest absolute Gasteiger partial charge is 0.366 e. The fourth-order valence-corrected chi connectivity index (χ4v) is 3.56. The molecule has 27 heavy (non-hydrogen) atoms. The highest BCUT2D eigenvalue weighted by Gasteiger charge is 2.36. The van der Waals surface area contributed by atoms with Crippen molar-refractivity contribution in [1.82, 2.24) is 4.90 Å². The van der Waals surface area contributed by atoms with E-state index in [1.54, 1.807) is 23.1 Å². The van der Waals surface area contributed by atoms with Crippen molar-refractivity contribution in [1.29, 1.82) is 0 Å². The lowest BCUT2D eigenvalue weighted by atomic mass is 9.86. The topological polar surface area (TPSA) is 63.4 Å². The number of alkyl halides is 3. The Morgan fingerprint density at radius 1 is 0.926 bits per heavy atom. The number of piperidine rings is 1. The van der Waals surface area contributed by atoms with Gasteiger partial charge in [-0.2, -0.15) is 13.2 Å². The predicted octanol–water partition coefficient (Wildman–Crippen LogP) is 3.82. The van der Waals surface area contributed by atoms with Gasteiger partial charge >= 0.3 is 6.18 Å². The van der Waals surface area contributed by atoms with Crippen LogP contribution in [0, 0.1) is 0 Å². The number of carbonyl (C=O) groups is 2. The van der Waals surface area contributed by atoms with Crippen molar-refractivity contribution in [3.8, 4) is 0 Å². The average Bonchev–Trinajstić information content (AvgIpc) is 2.67. The SMILES string of the molecule is NC(=O)c1ccccc1C(=O)N1CCC(c2ccccc2C(F)(F)F)CC1. The van der Waals surface area contributed by atoms with E-state index in [1.165, 1.54) is 24.3 Å². The van der Waals surface area contributed by atoms with Gasteiger partial charge in [-0.15, -0.1) is 0 Å². The third-order valence-electron chi connectivity index (χ3n) is 4.91. The van der Waals surface area contributed by atoms with Gasteiger partial charge in [0, 0.05) is 13.1 Å². The highest BCUT2D eigenvalue weighted by Crippen LogP contribution is 2.38. The van der Waals surface area contributed by atoms with Gasteiger partial charge in [0.25, 0.3) is 5.91 Å². The molecule has 1 aliphatic heterocycles. The number of benzene rings is 2. The highest BCUT2D eigenvalue weighted by atomic mass is 19.4. The molecule has 142 valence electrons. The van der Waals surface area contributed by atoms with E-state index in [0.29, 0.717) is 25.9 Å². The Bertz CT molecular complexity index is 856. The molecule has 0 spiro atoms. The van der Waals surface area contributed by atoms with Crippen LogP contribution in [0.5, 0.6) is 0 Å². The van der Waals surface area contributed by atoms with Crippen molar-refractivity contribution in [2.45, 2.75) is 24.9 Å². The van der Waals surface area contributed by atoms with Gasteiger partial charge in [-0.25, -0.2) is 0 Å². The molecule has 3 rings (SSSR count). The van der Waals surface area contributed by atoms with Crippen LogP contribution in [0.3, 0.4) is 0 Å². The van der Waals surface area contributed by atoms with Crippen molar-refractivity contribution in [3.63, 3.8) is 0 Å². The van der Waals surface area contributed by atoms with Gasteiger partial charge in [0.1, 0.15) is 0 Å². The molecule has 1 fully saturated rings. The van der Waals surface area contributed by atoms with Crippen LogP contribution < -0.4 is 5.73 Å². The van der Waals surface area contributed by atoms with Gasteiger partial charge in [-0.05, 0) is 42.5 Å². The molecule has 1 saturated heterocycles. The lowest BCUT2D eigenvalue weighted by molar-refractivity contribution is -0.138. The van der Waals surface area contributed by atoms with Crippen LogP contribution in [-0.4, -0.2) is 29.8 Å². The monoisotopic (exact) mass is 376 g/mol. The first-order valence-electron chi connectivity index (χ1n) is 8.63. The highest BCUT2D eigenvalue weighted by molar-refractivity contribution is 6.06. The molecule has 0 saturated carbocycles. The molecule has 2 aromatic rings. The molecule has 0 unspecified atom stereocenters. The maximum atomic E-state index is 13.2. The van der Waals surface area contributed by atoms with Gasteiger partial charge in [-0.3, -0.25) is 9.59 Å². The van der Waals surface area contributed by atoms with Gasteiger partial charge in [-0.1, -0.05) is 30.3 Å². The van der Waals surface area contributed by atoms with Gasteiger partial charge < -0.3 is 10.6 Å². The average molecular weight is 376 g/mol. The molecular weight excluding hydrogens is 357 g/mol. The zero-order chi connectivity index (χ0) is 19.6.